The summed E-state index contributed by atoms with van der Waals surface area (Å²) in [5.41, 5.74) is 1.04. The number of unbranched alkanes of at least 4 members (excludes halogenated alkanes) is 3. The number of hydrogen-bond donors (Lipinski definition) is 1. The number of sulfonamides is 1. The molecule has 2 rings (SSSR count). The molecule has 21 heavy (non-hydrogen) atoms. The lowest BCUT2D eigenvalue weighted by Crippen LogP contribution is -2.17. The van der Waals surface area contributed by atoms with Crippen LogP contribution in [0.2, 0.25) is 0 Å². The first-order chi connectivity index (χ1) is 10.0. The van der Waals surface area contributed by atoms with Gasteiger partial charge >= 0.3 is 0 Å². The molecule has 1 aromatic carbocycles. The summed E-state index contributed by atoms with van der Waals surface area (Å²) in [5.74, 6) is 0. The molecule has 0 spiro atoms. The predicted molar refractivity (Wildman–Crippen MR) is 83.6 cm³/mol. The second kappa shape index (κ2) is 6.90. The molecule has 1 aromatic rings. The van der Waals surface area contributed by atoms with E-state index in [-0.39, 0.29) is 18.7 Å². The summed E-state index contributed by atoms with van der Waals surface area (Å²) < 4.78 is 26.7. The third-order valence-electron chi connectivity index (χ3n) is 4.15. The lowest BCUT2D eigenvalue weighted by Gasteiger charge is -2.07. The second-order valence-electron chi connectivity index (χ2n) is 5.81. The predicted octanol–water partition coefficient (Wildman–Crippen LogP) is 2.70. The molecule has 0 aromatic heterocycles. The van der Waals surface area contributed by atoms with Crippen LogP contribution in [0.1, 0.15) is 44.6 Å². The third-order valence-corrected chi connectivity index (χ3v) is 6.11. The van der Waals surface area contributed by atoms with Crippen LogP contribution < -0.4 is 0 Å². The molecule has 4 nitrogen and oxygen atoms in total. The molecule has 1 fully saturated rings. The summed E-state index contributed by atoms with van der Waals surface area (Å²) in [7, 11) is -3.46. The minimum absolute atomic E-state index is 0.0295. The zero-order valence-electron chi connectivity index (χ0n) is 12.8. The zero-order chi connectivity index (χ0) is 15.5. The summed E-state index contributed by atoms with van der Waals surface area (Å²) in [5, 5.41) is 9.40. The quantitative estimate of drug-likeness (QED) is 0.593. The molecule has 2 unspecified atom stereocenters. The van der Waals surface area contributed by atoms with Gasteiger partial charge in [-0.1, -0.05) is 50.3 Å². The number of benzene rings is 1. The van der Waals surface area contributed by atoms with Crippen molar-refractivity contribution < 1.29 is 13.5 Å². The van der Waals surface area contributed by atoms with Crippen LogP contribution in [0, 0.1) is 6.92 Å². The molecule has 0 saturated carbocycles. The molecular formula is C16H25NO3S. The fourth-order valence-electron chi connectivity index (χ4n) is 2.80. The van der Waals surface area contributed by atoms with E-state index in [4.69, 9.17) is 0 Å². The number of nitrogens with zero attached hydrogens (tertiary/aromatic N) is 1. The van der Waals surface area contributed by atoms with Gasteiger partial charge in [-0.05, 0) is 25.5 Å². The Labute approximate surface area is 127 Å². The minimum Gasteiger partial charge on any atom is -0.395 e. The van der Waals surface area contributed by atoms with E-state index >= 15 is 0 Å². The fourth-order valence-corrected chi connectivity index (χ4v) is 4.64. The maximum Gasteiger partial charge on any atom is 0.243 e. The Morgan fingerprint density at radius 2 is 1.76 bits per heavy atom. The fraction of sp³-hybridized carbons (Fsp3) is 0.625. The normalized spacial score (nSPS) is 25.0. The van der Waals surface area contributed by atoms with E-state index in [1.54, 1.807) is 24.3 Å². The maximum absolute atomic E-state index is 12.6. The highest BCUT2D eigenvalue weighted by atomic mass is 32.2. The van der Waals surface area contributed by atoms with Crippen molar-refractivity contribution in [1.82, 2.24) is 4.31 Å². The summed E-state index contributed by atoms with van der Waals surface area (Å²) >= 11 is 0. The van der Waals surface area contributed by atoms with Gasteiger partial charge in [0, 0.05) is 6.04 Å². The van der Waals surface area contributed by atoms with Crippen LogP contribution in [0.25, 0.3) is 0 Å². The highest BCUT2D eigenvalue weighted by molar-refractivity contribution is 7.89. The summed E-state index contributed by atoms with van der Waals surface area (Å²) in [4.78, 5) is 0.322. The van der Waals surface area contributed by atoms with E-state index in [0.717, 1.165) is 24.8 Å². The monoisotopic (exact) mass is 311 g/mol. The van der Waals surface area contributed by atoms with Crippen LogP contribution in [0.3, 0.4) is 0 Å². The minimum atomic E-state index is -3.46. The molecular weight excluding hydrogens is 286 g/mol. The van der Waals surface area contributed by atoms with E-state index in [1.165, 1.54) is 17.1 Å². The molecule has 0 aliphatic carbocycles. The molecule has 118 valence electrons. The van der Waals surface area contributed by atoms with Crippen LogP contribution in [-0.4, -0.2) is 36.5 Å². The number of aliphatic hydroxyl groups is 1. The first-order valence-electron chi connectivity index (χ1n) is 7.73. The van der Waals surface area contributed by atoms with Crippen molar-refractivity contribution in [1.29, 1.82) is 0 Å². The number of hydrogen-bond acceptors (Lipinski definition) is 3. The highest BCUT2D eigenvalue weighted by Crippen LogP contribution is 2.38. The molecule has 1 aliphatic heterocycles. The summed E-state index contributed by atoms with van der Waals surface area (Å²) in [6, 6.07) is 6.63. The van der Waals surface area contributed by atoms with E-state index in [2.05, 4.69) is 6.92 Å². The van der Waals surface area contributed by atoms with Gasteiger partial charge in [0.05, 0.1) is 17.5 Å². The SMILES string of the molecule is CCCCCCC1C(CO)[N@@]1S(=O)(=O)c1ccc(C)cc1. The van der Waals surface area contributed by atoms with Crippen molar-refractivity contribution in [2.75, 3.05) is 6.61 Å². The van der Waals surface area contributed by atoms with Crippen molar-refractivity contribution in [2.24, 2.45) is 0 Å². The van der Waals surface area contributed by atoms with Gasteiger partial charge in [-0.25, -0.2) is 8.42 Å². The van der Waals surface area contributed by atoms with Crippen LogP contribution in [0.4, 0.5) is 0 Å². The van der Waals surface area contributed by atoms with Crippen LogP contribution in [-0.2, 0) is 10.0 Å². The summed E-state index contributed by atoms with van der Waals surface area (Å²) in [6.07, 6.45) is 5.34. The smallest absolute Gasteiger partial charge is 0.243 e. The van der Waals surface area contributed by atoms with Gasteiger partial charge in [-0.15, -0.1) is 0 Å². The van der Waals surface area contributed by atoms with Gasteiger partial charge in [0.2, 0.25) is 10.0 Å². The van der Waals surface area contributed by atoms with Crippen molar-refractivity contribution in [3.8, 4) is 0 Å². The molecule has 0 bridgehead atoms. The van der Waals surface area contributed by atoms with Gasteiger partial charge in [0.25, 0.3) is 0 Å². The average molecular weight is 311 g/mol. The summed E-state index contributed by atoms with van der Waals surface area (Å²) in [6.45, 7) is 3.99. The first-order valence-corrected chi connectivity index (χ1v) is 9.17. The lowest BCUT2D eigenvalue weighted by molar-refractivity contribution is 0.286. The Balaban J connectivity index is 2.04. The van der Waals surface area contributed by atoms with Crippen molar-refractivity contribution in [2.45, 2.75) is 62.9 Å². The largest absolute Gasteiger partial charge is 0.395 e. The van der Waals surface area contributed by atoms with Gasteiger partial charge in [0.1, 0.15) is 0 Å². The Morgan fingerprint density at radius 1 is 1.10 bits per heavy atom. The lowest BCUT2D eigenvalue weighted by atomic mass is 10.1. The molecule has 5 heteroatoms. The molecule has 3 atom stereocenters. The van der Waals surface area contributed by atoms with Crippen molar-refractivity contribution in [3.63, 3.8) is 0 Å². The van der Waals surface area contributed by atoms with Gasteiger partial charge in [-0.3, -0.25) is 0 Å². The Hall–Kier alpha value is -0.910. The first kappa shape index (κ1) is 16.5. The van der Waals surface area contributed by atoms with Gasteiger partial charge in [0.15, 0.2) is 0 Å². The second-order valence-corrected chi connectivity index (χ2v) is 7.66. The molecule has 0 amide bonds. The highest BCUT2D eigenvalue weighted by Gasteiger charge is 2.54. The Bertz CT molecular complexity index is 553. The zero-order valence-corrected chi connectivity index (χ0v) is 13.6. The van der Waals surface area contributed by atoms with E-state index < -0.39 is 10.0 Å². The van der Waals surface area contributed by atoms with Crippen LogP contribution in [0.15, 0.2) is 29.2 Å². The van der Waals surface area contributed by atoms with E-state index in [9.17, 15) is 13.5 Å². The van der Waals surface area contributed by atoms with Crippen molar-refractivity contribution >= 4 is 10.0 Å². The molecule has 1 saturated heterocycles. The average Bonchev–Trinajstić information content (AvgIpc) is 3.18. The molecule has 1 aliphatic rings. The maximum atomic E-state index is 12.6. The van der Waals surface area contributed by atoms with Crippen LogP contribution in [0.5, 0.6) is 0 Å². The molecule has 1 N–H and O–H groups in total. The van der Waals surface area contributed by atoms with Gasteiger partial charge in [-0.2, -0.15) is 4.31 Å². The number of aryl methyl sites for hydroxylation is 1. The van der Waals surface area contributed by atoms with Gasteiger partial charge < -0.3 is 5.11 Å². The number of aliphatic hydroxyl groups excluding tert-OH is 1. The van der Waals surface area contributed by atoms with Crippen LogP contribution >= 0.6 is 0 Å². The number of rotatable bonds is 8. The molecule has 1 heterocycles. The topological polar surface area (TPSA) is 57.4 Å². The third kappa shape index (κ3) is 3.65. The standard InChI is InChI=1S/C16H25NO3S/c1-3-4-5-6-7-15-16(12-18)17(15)21(19,20)14-10-8-13(2)9-11-14/h8-11,15-16,18H,3-7,12H2,1-2H3/t15?,16?,17-/m0/s1. The van der Waals surface area contributed by atoms with E-state index in [1.807, 2.05) is 6.92 Å². The molecule has 0 radical (unpaired) electrons. The van der Waals surface area contributed by atoms with E-state index in [0.29, 0.717) is 4.90 Å². The van der Waals surface area contributed by atoms with Crippen molar-refractivity contribution in [3.05, 3.63) is 29.8 Å². The Kier molecular flexibility index (Phi) is 5.41. The Morgan fingerprint density at radius 3 is 2.33 bits per heavy atom.